The van der Waals surface area contributed by atoms with Crippen molar-refractivity contribution >= 4 is 15.9 Å². The van der Waals surface area contributed by atoms with Crippen molar-refractivity contribution in [3.8, 4) is 0 Å². The Labute approximate surface area is 58.2 Å². The van der Waals surface area contributed by atoms with E-state index in [-0.39, 0.29) is 0 Å². The number of halogens is 1. The van der Waals surface area contributed by atoms with Gasteiger partial charge in [-0.2, -0.15) is 0 Å². The maximum absolute atomic E-state index is 4.79. The Morgan fingerprint density at radius 1 is 1.75 bits per heavy atom. The normalized spacial score (nSPS) is 11.1. The van der Waals surface area contributed by atoms with Crippen molar-refractivity contribution in [3.05, 3.63) is 22.9 Å². The second-order valence-corrected chi connectivity index (χ2v) is 2.12. The third-order valence-corrected chi connectivity index (χ3v) is 1.67. The molecule has 0 aromatic rings. The molecule has 0 bridgehead atoms. The van der Waals surface area contributed by atoms with Crippen molar-refractivity contribution in [1.29, 1.82) is 0 Å². The Morgan fingerprint density at radius 2 is 2.25 bits per heavy atom. The van der Waals surface area contributed by atoms with Crippen molar-refractivity contribution < 1.29 is 4.74 Å². The molecule has 0 aliphatic carbocycles. The SMILES string of the molecule is C=C(OC)/C(Br)=C\C. The van der Waals surface area contributed by atoms with Crippen LogP contribution in [0.3, 0.4) is 0 Å². The molecule has 0 aromatic carbocycles. The van der Waals surface area contributed by atoms with Crippen LogP contribution < -0.4 is 0 Å². The molecule has 0 radical (unpaired) electrons. The molecular formula is C6H9BrO. The summed E-state index contributed by atoms with van der Waals surface area (Å²) in [7, 11) is 1.59. The van der Waals surface area contributed by atoms with Crippen molar-refractivity contribution in [1.82, 2.24) is 0 Å². The van der Waals surface area contributed by atoms with Gasteiger partial charge in [-0.05, 0) is 22.9 Å². The summed E-state index contributed by atoms with van der Waals surface area (Å²) in [5, 5.41) is 0. The van der Waals surface area contributed by atoms with Gasteiger partial charge in [0.05, 0.1) is 11.6 Å². The summed E-state index contributed by atoms with van der Waals surface area (Å²) in [6.07, 6.45) is 1.88. The highest BCUT2D eigenvalue weighted by molar-refractivity contribution is 9.11. The number of methoxy groups -OCH3 is 1. The molecular weight excluding hydrogens is 168 g/mol. The van der Waals surface area contributed by atoms with Crippen LogP contribution in [0.25, 0.3) is 0 Å². The Balaban J connectivity index is 3.83. The third kappa shape index (κ3) is 2.17. The van der Waals surface area contributed by atoms with Crippen LogP contribution in [0.2, 0.25) is 0 Å². The largest absolute Gasteiger partial charge is 0.496 e. The molecule has 0 rings (SSSR count). The number of allylic oxidation sites excluding steroid dienone is 2. The van der Waals surface area contributed by atoms with Gasteiger partial charge >= 0.3 is 0 Å². The van der Waals surface area contributed by atoms with Crippen LogP contribution in [0.15, 0.2) is 22.9 Å². The van der Waals surface area contributed by atoms with Crippen molar-refractivity contribution in [3.63, 3.8) is 0 Å². The summed E-state index contributed by atoms with van der Waals surface area (Å²) >= 11 is 3.24. The van der Waals surface area contributed by atoms with Crippen LogP contribution >= 0.6 is 15.9 Å². The molecule has 0 amide bonds. The fraction of sp³-hybridized carbons (Fsp3) is 0.333. The summed E-state index contributed by atoms with van der Waals surface area (Å²) in [5.74, 6) is 0.660. The molecule has 0 aromatic heterocycles. The fourth-order valence-corrected chi connectivity index (χ4v) is 0.420. The smallest absolute Gasteiger partial charge is 0.125 e. The lowest BCUT2D eigenvalue weighted by Crippen LogP contribution is -1.80. The molecule has 0 aliphatic heterocycles. The molecule has 0 fully saturated rings. The Hall–Kier alpha value is -0.240. The van der Waals surface area contributed by atoms with Gasteiger partial charge in [-0.1, -0.05) is 12.7 Å². The average molecular weight is 177 g/mol. The van der Waals surface area contributed by atoms with Gasteiger partial charge in [0.15, 0.2) is 0 Å². The summed E-state index contributed by atoms with van der Waals surface area (Å²) < 4.78 is 5.70. The molecule has 0 N–H and O–H groups in total. The van der Waals surface area contributed by atoms with Crippen LogP contribution in [0.5, 0.6) is 0 Å². The quantitative estimate of drug-likeness (QED) is 0.465. The van der Waals surface area contributed by atoms with Gasteiger partial charge in [-0.25, -0.2) is 0 Å². The molecule has 0 heterocycles. The zero-order chi connectivity index (χ0) is 6.57. The van der Waals surface area contributed by atoms with Gasteiger partial charge < -0.3 is 4.74 Å². The van der Waals surface area contributed by atoms with Crippen LogP contribution in [0.4, 0.5) is 0 Å². The molecule has 1 nitrogen and oxygen atoms in total. The van der Waals surface area contributed by atoms with E-state index in [1.54, 1.807) is 7.11 Å². The van der Waals surface area contributed by atoms with Gasteiger partial charge in [0.2, 0.25) is 0 Å². The average Bonchev–Trinajstić information content (AvgIpc) is 1.84. The lowest BCUT2D eigenvalue weighted by Gasteiger charge is -1.98. The van der Waals surface area contributed by atoms with E-state index in [0.717, 1.165) is 4.48 Å². The minimum Gasteiger partial charge on any atom is -0.496 e. The molecule has 0 unspecified atom stereocenters. The number of hydrogen-bond acceptors (Lipinski definition) is 1. The zero-order valence-corrected chi connectivity index (χ0v) is 6.66. The molecule has 2 heteroatoms. The highest BCUT2D eigenvalue weighted by Gasteiger charge is 1.91. The highest BCUT2D eigenvalue weighted by Crippen LogP contribution is 2.14. The second kappa shape index (κ2) is 3.72. The molecule has 0 spiro atoms. The van der Waals surface area contributed by atoms with Crippen LogP contribution in [0, 0.1) is 0 Å². The number of hydrogen-bond donors (Lipinski definition) is 0. The summed E-state index contributed by atoms with van der Waals surface area (Å²) in [5.41, 5.74) is 0. The Bertz CT molecular complexity index is 116. The van der Waals surface area contributed by atoms with Crippen LogP contribution in [-0.4, -0.2) is 7.11 Å². The summed E-state index contributed by atoms with van der Waals surface area (Å²) in [6, 6.07) is 0. The lowest BCUT2D eigenvalue weighted by molar-refractivity contribution is 0.307. The predicted molar refractivity (Wildman–Crippen MR) is 38.8 cm³/mol. The van der Waals surface area contributed by atoms with Gasteiger partial charge in [-0.15, -0.1) is 0 Å². The molecule has 0 atom stereocenters. The lowest BCUT2D eigenvalue weighted by atomic mass is 10.5. The zero-order valence-electron chi connectivity index (χ0n) is 5.07. The van der Waals surface area contributed by atoms with Gasteiger partial charge in [0.1, 0.15) is 5.76 Å². The monoisotopic (exact) mass is 176 g/mol. The number of rotatable bonds is 2. The first-order valence-corrected chi connectivity index (χ1v) is 3.06. The maximum atomic E-state index is 4.79. The first-order valence-electron chi connectivity index (χ1n) is 2.27. The molecule has 8 heavy (non-hydrogen) atoms. The third-order valence-electron chi connectivity index (χ3n) is 0.766. The standard InChI is InChI=1S/C6H9BrO/c1-4-6(7)5(2)8-3/h4H,2H2,1,3H3/b6-4+. The van der Waals surface area contributed by atoms with E-state index in [2.05, 4.69) is 22.5 Å². The van der Waals surface area contributed by atoms with E-state index >= 15 is 0 Å². The van der Waals surface area contributed by atoms with Crippen LogP contribution in [0.1, 0.15) is 6.92 Å². The molecule has 0 aliphatic rings. The van der Waals surface area contributed by atoms with E-state index in [1.807, 2.05) is 13.0 Å². The molecule has 0 saturated heterocycles. The minimum absolute atomic E-state index is 0.660. The first kappa shape index (κ1) is 7.76. The number of ether oxygens (including phenoxy) is 1. The van der Waals surface area contributed by atoms with E-state index in [4.69, 9.17) is 4.74 Å². The molecule has 46 valence electrons. The highest BCUT2D eigenvalue weighted by atomic mass is 79.9. The second-order valence-electron chi connectivity index (χ2n) is 1.26. The summed E-state index contributed by atoms with van der Waals surface area (Å²) in [6.45, 7) is 5.52. The van der Waals surface area contributed by atoms with Gasteiger partial charge in [-0.3, -0.25) is 0 Å². The first-order chi connectivity index (χ1) is 3.72. The van der Waals surface area contributed by atoms with Crippen molar-refractivity contribution in [2.75, 3.05) is 7.11 Å². The van der Waals surface area contributed by atoms with Crippen molar-refractivity contribution in [2.45, 2.75) is 6.92 Å². The molecule has 0 saturated carbocycles. The Morgan fingerprint density at radius 3 is 2.38 bits per heavy atom. The van der Waals surface area contributed by atoms with E-state index in [9.17, 15) is 0 Å². The topological polar surface area (TPSA) is 9.23 Å². The minimum atomic E-state index is 0.660. The fourth-order valence-electron chi connectivity index (χ4n) is 0.258. The van der Waals surface area contributed by atoms with E-state index in [1.165, 1.54) is 0 Å². The van der Waals surface area contributed by atoms with Gasteiger partial charge in [0.25, 0.3) is 0 Å². The predicted octanol–water partition coefficient (Wildman–Crippen LogP) is 2.45. The van der Waals surface area contributed by atoms with Gasteiger partial charge in [0, 0.05) is 0 Å². The van der Waals surface area contributed by atoms with Crippen molar-refractivity contribution in [2.24, 2.45) is 0 Å². The van der Waals surface area contributed by atoms with E-state index in [0.29, 0.717) is 5.76 Å². The van der Waals surface area contributed by atoms with E-state index < -0.39 is 0 Å². The Kier molecular flexibility index (Phi) is 3.61. The maximum Gasteiger partial charge on any atom is 0.125 e. The van der Waals surface area contributed by atoms with Crippen LogP contribution in [-0.2, 0) is 4.74 Å². The summed E-state index contributed by atoms with van der Waals surface area (Å²) in [4.78, 5) is 0.